The monoisotopic (exact) mass is 280 g/mol. The van der Waals surface area contributed by atoms with Crippen LogP contribution in [0.3, 0.4) is 0 Å². The summed E-state index contributed by atoms with van der Waals surface area (Å²) in [6.07, 6.45) is 6.70. The molecular weight excluding hydrogens is 258 g/mol. The van der Waals surface area contributed by atoms with Gasteiger partial charge in [-0.3, -0.25) is 0 Å². The molecule has 2 nitrogen and oxygen atoms in total. The van der Waals surface area contributed by atoms with Crippen molar-refractivity contribution in [2.24, 2.45) is 0 Å². The number of halogens is 2. The molecule has 1 aliphatic carbocycles. The van der Waals surface area contributed by atoms with E-state index in [4.69, 9.17) is 0 Å². The third-order valence-electron chi connectivity index (χ3n) is 4.17. The van der Waals surface area contributed by atoms with Crippen molar-refractivity contribution in [1.82, 2.24) is 5.32 Å². The molecule has 1 heterocycles. The zero-order chi connectivity index (χ0) is 13.9. The molecule has 0 unspecified atom stereocenters. The van der Waals surface area contributed by atoms with E-state index in [1.807, 2.05) is 4.90 Å². The summed E-state index contributed by atoms with van der Waals surface area (Å²) in [6, 6.07) is 3.52. The van der Waals surface area contributed by atoms with Crippen LogP contribution >= 0.6 is 0 Å². The highest BCUT2D eigenvalue weighted by Gasteiger charge is 2.22. The van der Waals surface area contributed by atoms with Crippen LogP contribution in [0.1, 0.15) is 44.1 Å². The molecule has 1 aromatic rings. The van der Waals surface area contributed by atoms with Crippen LogP contribution in [0.5, 0.6) is 0 Å². The molecule has 1 saturated carbocycles. The number of nitrogens with zero attached hydrogens (tertiary/aromatic N) is 1. The fourth-order valence-corrected chi connectivity index (χ4v) is 2.87. The van der Waals surface area contributed by atoms with Gasteiger partial charge >= 0.3 is 0 Å². The van der Waals surface area contributed by atoms with E-state index in [0.29, 0.717) is 18.2 Å². The molecule has 2 fully saturated rings. The van der Waals surface area contributed by atoms with Gasteiger partial charge in [-0.2, -0.15) is 0 Å². The van der Waals surface area contributed by atoms with Gasteiger partial charge in [0.15, 0.2) is 0 Å². The van der Waals surface area contributed by atoms with Crippen molar-refractivity contribution in [3.8, 4) is 0 Å². The molecule has 1 aliphatic heterocycles. The second-order valence-electron chi connectivity index (χ2n) is 5.96. The summed E-state index contributed by atoms with van der Waals surface area (Å²) in [5.41, 5.74) is 0.868. The molecule has 0 bridgehead atoms. The smallest absolute Gasteiger partial charge is 0.149 e. The van der Waals surface area contributed by atoms with Gasteiger partial charge < -0.3 is 10.2 Å². The summed E-state index contributed by atoms with van der Waals surface area (Å²) in [6.45, 7) is 2.07. The van der Waals surface area contributed by atoms with Gasteiger partial charge in [0.05, 0.1) is 0 Å². The predicted octanol–water partition coefficient (Wildman–Crippen LogP) is 3.60. The molecule has 3 rings (SSSR count). The molecular formula is C16H22F2N2. The minimum absolute atomic E-state index is 0.169. The quantitative estimate of drug-likeness (QED) is 0.906. The van der Waals surface area contributed by atoms with E-state index in [1.165, 1.54) is 25.0 Å². The van der Waals surface area contributed by atoms with Gasteiger partial charge in [0.25, 0.3) is 0 Å². The summed E-state index contributed by atoms with van der Waals surface area (Å²) in [4.78, 5) is 1.87. The van der Waals surface area contributed by atoms with Crippen molar-refractivity contribution in [2.45, 2.75) is 51.1 Å². The Hall–Kier alpha value is -1.16. The van der Waals surface area contributed by atoms with E-state index >= 15 is 0 Å². The fourth-order valence-electron chi connectivity index (χ4n) is 2.87. The standard InChI is InChI=1S/C16H22F2N2/c17-14-9-12(11-19-13-5-6-13)10-15(18)16(14)20-7-3-1-2-4-8-20/h9-10,13,19H,1-8,11H2. The van der Waals surface area contributed by atoms with E-state index in [-0.39, 0.29) is 5.69 Å². The molecule has 110 valence electrons. The van der Waals surface area contributed by atoms with Crippen LogP contribution in [0, 0.1) is 11.6 Å². The molecule has 0 spiro atoms. The Bertz CT molecular complexity index is 441. The topological polar surface area (TPSA) is 15.3 Å². The predicted molar refractivity (Wildman–Crippen MR) is 76.9 cm³/mol. The summed E-state index contributed by atoms with van der Waals surface area (Å²) in [7, 11) is 0. The summed E-state index contributed by atoms with van der Waals surface area (Å²) in [5, 5.41) is 3.29. The number of benzene rings is 1. The van der Waals surface area contributed by atoms with E-state index in [1.54, 1.807) is 0 Å². The first-order valence-corrected chi connectivity index (χ1v) is 7.70. The minimum atomic E-state index is -0.417. The Balaban J connectivity index is 1.75. The summed E-state index contributed by atoms with van der Waals surface area (Å²) in [5.74, 6) is -0.834. The Labute approximate surface area is 119 Å². The molecule has 0 amide bonds. The minimum Gasteiger partial charge on any atom is -0.367 e. The Kier molecular flexibility index (Phi) is 4.20. The molecule has 1 saturated heterocycles. The second-order valence-corrected chi connectivity index (χ2v) is 5.96. The van der Waals surface area contributed by atoms with E-state index in [0.717, 1.165) is 38.8 Å². The number of rotatable bonds is 4. The summed E-state index contributed by atoms with van der Waals surface area (Å²) < 4.78 is 28.5. The number of hydrogen-bond acceptors (Lipinski definition) is 2. The summed E-state index contributed by atoms with van der Waals surface area (Å²) >= 11 is 0. The van der Waals surface area contributed by atoms with Gasteiger partial charge in [0.2, 0.25) is 0 Å². The number of nitrogens with one attached hydrogen (secondary N) is 1. The van der Waals surface area contributed by atoms with Crippen molar-refractivity contribution >= 4 is 5.69 Å². The Morgan fingerprint density at radius 2 is 1.60 bits per heavy atom. The zero-order valence-corrected chi connectivity index (χ0v) is 11.8. The van der Waals surface area contributed by atoms with E-state index < -0.39 is 11.6 Å². The van der Waals surface area contributed by atoms with Gasteiger partial charge in [-0.25, -0.2) is 8.78 Å². The molecule has 0 radical (unpaired) electrons. The maximum Gasteiger partial charge on any atom is 0.149 e. The van der Waals surface area contributed by atoms with Crippen molar-refractivity contribution in [3.63, 3.8) is 0 Å². The van der Waals surface area contributed by atoms with Crippen LogP contribution in [0.2, 0.25) is 0 Å². The molecule has 20 heavy (non-hydrogen) atoms. The Morgan fingerprint density at radius 3 is 2.15 bits per heavy atom. The van der Waals surface area contributed by atoms with Crippen molar-refractivity contribution < 1.29 is 8.78 Å². The van der Waals surface area contributed by atoms with Crippen molar-refractivity contribution in [1.29, 1.82) is 0 Å². The highest BCUT2D eigenvalue weighted by Crippen LogP contribution is 2.28. The Morgan fingerprint density at radius 1 is 1.00 bits per heavy atom. The van der Waals surface area contributed by atoms with E-state index in [9.17, 15) is 8.78 Å². The third-order valence-corrected chi connectivity index (χ3v) is 4.17. The largest absolute Gasteiger partial charge is 0.367 e. The lowest BCUT2D eigenvalue weighted by molar-refractivity contribution is 0.563. The average Bonchev–Trinajstić information content (AvgIpc) is 3.23. The lowest BCUT2D eigenvalue weighted by atomic mass is 10.1. The third kappa shape index (κ3) is 3.29. The van der Waals surface area contributed by atoms with Crippen molar-refractivity contribution in [3.05, 3.63) is 29.3 Å². The molecule has 0 atom stereocenters. The molecule has 2 aliphatic rings. The zero-order valence-electron chi connectivity index (χ0n) is 11.8. The first-order chi connectivity index (χ1) is 9.74. The highest BCUT2D eigenvalue weighted by molar-refractivity contribution is 5.50. The average molecular weight is 280 g/mol. The van der Waals surface area contributed by atoms with Gasteiger partial charge in [-0.1, -0.05) is 12.8 Å². The number of hydrogen-bond donors (Lipinski definition) is 1. The van der Waals surface area contributed by atoms with Crippen LogP contribution in [0.15, 0.2) is 12.1 Å². The molecule has 4 heteroatoms. The fraction of sp³-hybridized carbons (Fsp3) is 0.625. The van der Waals surface area contributed by atoms with Crippen LogP contribution < -0.4 is 10.2 Å². The second kappa shape index (κ2) is 6.08. The SMILES string of the molecule is Fc1cc(CNC2CC2)cc(F)c1N1CCCCCC1. The first kappa shape index (κ1) is 13.8. The normalized spacial score (nSPS) is 20.0. The maximum atomic E-state index is 14.3. The molecule has 1 N–H and O–H groups in total. The lowest BCUT2D eigenvalue weighted by Gasteiger charge is -2.24. The first-order valence-electron chi connectivity index (χ1n) is 7.70. The molecule has 0 aromatic heterocycles. The van der Waals surface area contributed by atoms with Crippen LogP contribution in [0.4, 0.5) is 14.5 Å². The van der Waals surface area contributed by atoms with Gasteiger partial charge in [0, 0.05) is 25.7 Å². The highest BCUT2D eigenvalue weighted by atomic mass is 19.1. The molecule has 1 aromatic carbocycles. The van der Waals surface area contributed by atoms with Crippen molar-refractivity contribution in [2.75, 3.05) is 18.0 Å². The van der Waals surface area contributed by atoms with Gasteiger partial charge in [-0.15, -0.1) is 0 Å². The van der Waals surface area contributed by atoms with E-state index in [2.05, 4.69) is 5.32 Å². The lowest BCUT2D eigenvalue weighted by Crippen LogP contribution is -2.26. The maximum absolute atomic E-state index is 14.3. The van der Waals surface area contributed by atoms with Crippen LogP contribution in [-0.4, -0.2) is 19.1 Å². The van der Waals surface area contributed by atoms with Gasteiger partial charge in [-0.05, 0) is 43.4 Å². The van der Waals surface area contributed by atoms with Crippen LogP contribution in [0.25, 0.3) is 0 Å². The van der Waals surface area contributed by atoms with Crippen LogP contribution in [-0.2, 0) is 6.54 Å². The number of anilines is 1. The van der Waals surface area contributed by atoms with Gasteiger partial charge in [0.1, 0.15) is 17.3 Å².